The molecule has 1 aliphatic carbocycles. The van der Waals surface area contributed by atoms with Gasteiger partial charge in [0.05, 0.1) is 68.3 Å². The number of amides is 1. The van der Waals surface area contributed by atoms with Gasteiger partial charge in [-0.15, -0.1) is 0 Å². The molecule has 7 rings (SSSR count). The molecule has 304 valence electrons. The summed E-state index contributed by atoms with van der Waals surface area (Å²) >= 11 is 0. The number of methoxy groups -OCH3 is 7. The summed E-state index contributed by atoms with van der Waals surface area (Å²) in [4.78, 5) is 40.6. The third kappa shape index (κ3) is 7.30. The van der Waals surface area contributed by atoms with Gasteiger partial charge in [-0.05, 0) is 76.9 Å². The predicted octanol–water partition coefficient (Wildman–Crippen LogP) is 5.54. The van der Waals surface area contributed by atoms with Crippen molar-refractivity contribution in [3.63, 3.8) is 0 Å². The van der Waals surface area contributed by atoms with Crippen LogP contribution in [0.1, 0.15) is 44.6 Å². The first-order valence-electron chi connectivity index (χ1n) is 18.2. The number of ether oxygens (including phenoxy) is 11. The van der Waals surface area contributed by atoms with Gasteiger partial charge in [-0.2, -0.15) is 0 Å². The summed E-state index contributed by atoms with van der Waals surface area (Å²) in [5.41, 5.74) is 3.14. The molecule has 2 aliphatic heterocycles. The molecule has 1 fully saturated rings. The Kier molecular flexibility index (Phi) is 11.4. The van der Waals surface area contributed by atoms with Gasteiger partial charge in [-0.3, -0.25) is 14.4 Å². The Morgan fingerprint density at radius 2 is 1.28 bits per heavy atom. The summed E-state index contributed by atoms with van der Waals surface area (Å²) < 4.78 is 61.8. The minimum Gasteiger partial charge on any atom is -0.493 e. The molecule has 0 radical (unpaired) electrons. The third-order valence-corrected chi connectivity index (χ3v) is 10.5. The molecular weight excluding hydrogens is 754 g/mol. The molecule has 1 N–H and O–H groups in total. The van der Waals surface area contributed by atoms with Crippen molar-refractivity contribution in [2.75, 3.05) is 69.8 Å². The van der Waals surface area contributed by atoms with E-state index >= 15 is 0 Å². The number of fused-ring (bicyclic) bond motifs is 3. The van der Waals surface area contributed by atoms with Crippen LogP contribution in [0.3, 0.4) is 0 Å². The molecule has 4 aromatic rings. The molecule has 15 nitrogen and oxygen atoms in total. The number of cyclic esters (lactones) is 1. The van der Waals surface area contributed by atoms with Crippen molar-refractivity contribution in [1.29, 1.82) is 0 Å². The average Bonchev–Trinajstić information content (AvgIpc) is 3.88. The summed E-state index contributed by atoms with van der Waals surface area (Å²) in [6.07, 6.45) is 3.01. The number of hydrogen-bond donors (Lipinski definition) is 1. The molecular formula is C43H43NO14. The number of carbonyl (C=O) groups is 3. The van der Waals surface area contributed by atoms with Gasteiger partial charge in [0.15, 0.2) is 58.4 Å². The van der Waals surface area contributed by atoms with Crippen LogP contribution >= 0.6 is 0 Å². The predicted molar refractivity (Wildman–Crippen MR) is 207 cm³/mol. The molecule has 0 spiro atoms. The zero-order valence-corrected chi connectivity index (χ0v) is 33.0. The largest absolute Gasteiger partial charge is 0.493 e. The van der Waals surface area contributed by atoms with Gasteiger partial charge < -0.3 is 57.4 Å². The van der Waals surface area contributed by atoms with E-state index in [1.807, 2.05) is 24.3 Å². The van der Waals surface area contributed by atoms with E-state index in [2.05, 4.69) is 5.32 Å². The summed E-state index contributed by atoms with van der Waals surface area (Å²) in [6.45, 7) is -0.296. The smallest absolute Gasteiger partial charge is 0.310 e. The fourth-order valence-corrected chi connectivity index (χ4v) is 7.79. The van der Waals surface area contributed by atoms with Crippen molar-refractivity contribution < 1.29 is 66.5 Å². The highest BCUT2D eigenvalue weighted by Gasteiger charge is 2.53. The maximum atomic E-state index is 13.8. The van der Waals surface area contributed by atoms with Gasteiger partial charge in [0.25, 0.3) is 5.91 Å². The molecule has 0 aromatic heterocycles. The van der Waals surface area contributed by atoms with Crippen molar-refractivity contribution in [2.24, 2.45) is 11.8 Å². The molecule has 1 amide bonds. The lowest BCUT2D eigenvalue weighted by molar-refractivity contribution is -0.141. The van der Waals surface area contributed by atoms with E-state index in [0.717, 1.165) is 16.7 Å². The van der Waals surface area contributed by atoms with E-state index in [-0.39, 0.29) is 24.9 Å². The quantitative estimate of drug-likeness (QED) is 0.0905. The molecule has 58 heavy (non-hydrogen) atoms. The van der Waals surface area contributed by atoms with Crippen molar-refractivity contribution in [3.05, 3.63) is 88.5 Å². The minimum absolute atomic E-state index is 0.0298. The molecule has 3 aliphatic rings. The monoisotopic (exact) mass is 797 g/mol. The van der Waals surface area contributed by atoms with Gasteiger partial charge in [0.1, 0.15) is 0 Å². The van der Waals surface area contributed by atoms with Crippen molar-refractivity contribution in [1.82, 2.24) is 5.32 Å². The Bertz CT molecular complexity index is 2220. The number of benzene rings is 4. The molecule has 4 atom stereocenters. The zero-order chi connectivity index (χ0) is 41.1. The normalized spacial score (nSPS) is 18.7. The number of carbonyl (C=O) groups excluding carboxylic acids is 3. The van der Waals surface area contributed by atoms with Crippen molar-refractivity contribution >= 4 is 23.7 Å². The van der Waals surface area contributed by atoms with Crippen LogP contribution in [-0.2, 0) is 14.3 Å². The topological polar surface area (TPSA) is 165 Å². The summed E-state index contributed by atoms with van der Waals surface area (Å²) in [5.74, 6) is 1.16. The Balaban J connectivity index is 1.14. The fourth-order valence-electron chi connectivity index (χ4n) is 7.79. The average molecular weight is 798 g/mol. The highest BCUT2D eigenvalue weighted by Crippen LogP contribution is 2.55. The number of hydrogen-bond acceptors (Lipinski definition) is 14. The Morgan fingerprint density at radius 3 is 1.86 bits per heavy atom. The third-order valence-electron chi connectivity index (χ3n) is 10.5. The number of esters is 1. The van der Waals surface area contributed by atoms with E-state index in [1.54, 1.807) is 36.4 Å². The lowest BCUT2D eigenvalue weighted by Crippen LogP contribution is -2.44. The van der Waals surface area contributed by atoms with E-state index in [4.69, 9.17) is 52.1 Å². The summed E-state index contributed by atoms with van der Waals surface area (Å²) in [7, 11) is 10.5. The second-order valence-corrected chi connectivity index (χ2v) is 13.4. The lowest BCUT2D eigenvalue weighted by atomic mass is 9.65. The van der Waals surface area contributed by atoms with Gasteiger partial charge in [0, 0.05) is 17.4 Å². The van der Waals surface area contributed by atoms with Crippen molar-refractivity contribution in [2.45, 2.75) is 12.0 Å². The minimum atomic E-state index is -0.687. The number of rotatable bonds is 15. The first-order valence-corrected chi connectivity index (χ1v) is 18.2. The van der Waals surface area contributed by atoms with Crippen LogP contribution < -0.4 is 52.7 Å². The van der Waals surface area contributed by atoms with Gasteiger partial charge in [-0.1, -0.05) is 12.1 Å². The highest BCUT2D eigenvalue weighted by molar-refractivity contribution is 6.07. The lowest BCUT2D eigenvalue weighted by Gasteiger charge is -2.39. The van der Waals surface area contributed by atoms with Gasteiger partial charge in [0.2, 0.25) is 18.3 Å². The number of nitrogens with one attached hydrogen (secondary N) is 1. The van der Waals surface area contributed by atoms with Crippen LogP contribution in [0.15, 0.2) is 60.7 Å². The molecule has 0 bridgehead atoms. The molecule has 2 heterocycles. The highest BCUT2D eigenvalue weighted by atomic mass is 16.7. The molecule has 1 saturated heterocycles. The SMILES string of the molecule is COc1ccc(/C=C/C(=O)c2cc(OC)c(OC)c(OC)c2)cc1OCC(=O)N[C@@H]1c2cc3c(cc2[C@@H](c2cc(OC)c(OC)c(OC)c2)[C@H]2C(=O)OC[C@@H]21)OCO3. The molecule has 15 heteroatoms. The Morgan fingerprint density at radius 1 is 0.690 bits per heavy atom. The van der Waals surface area contributed by atoms with Crippen LogP contribution in [0.2, 0.25) is 0 Å². The zero-order valence-electron chi connectivity index (χ0n) is 33.0. The summed E-state index contributed by atoms with van der Waals surface area (Å²) in [6, 6.07) is 14.9. The fraction of sp³-hybridized carbons (Fsp3) is 0.326. The van der Waals surface area contributed by atoms with E-state index in [9.17, 15) is 14.4 Å². The molecule has 0 saturated carbocycles. The summed E-state index contributed by atoms with van der Waals surface area (Å²) in [5, 5.41) is 3.11. The maximum absolute atomic E-state index is 13.8. The van der Waals surface area contributed by atoms with Gasteiger partial charge >= 0.3 is 5.97 Å². The second-order valence-electron chi connectivity index (χ2n) is 13.4. The van der Waals surface area contributed by atoms with Crippen LogP contribution in [-0.4, -0.2) is 87.4 Å². The van der Waals surface area contributed by atoms with Gasteiger partial charge in [-0.25, -0.2) is 0 Å². The molecule has 0 unspecified atom stereocenters. The van der Waals surface area contributed by atoms with Crippen LogP contribution in [0.25, 0.3) is 6.08 Å². The first kappa shape index (κ1) is 39.5. The van der Waals surface area contributed by atoms with E-state index < -0.39 is 42.3 Å². The van der Waals surface area contributed by atoms with Crippen LogP contribution in [0.5, 0.6) is 57.5 Å². The number of ketones is 1. The van der Waals surface area contributed by atoms with Crippen LogP contribution in [0, 0.1) is 11.8 Å². The van der Waals surface area contributed by atoms with E-state index in [1.165, 1.54) is 55.8 Å². The second kappa shape index (κ2) is 16.8. The van der Waals surface area contributed by atoms with E-state index in [0.29, 0.717) is 62.9 Å². The number of allylic oxidation sites excluding steroid dienone is 1. The van der Waals surface area contributed by atoms with Crippen molar-refractivity contribution in [3.8, 4) is 57.5 Å². The van der Waals surface area contributed by atoms with Crippen LogP contribution in [0.4, 0.5) is 0 Å². The molecule has 4 aromatic carbocycles. The first-order chi connectivity index (χ1) is 28.2. The Hall–Kier alpha value is -6.77. The maximum Gasteiger partial charge on any atom is 0.310 e. The Labute approximate surface area is 334 Å². The standard InChI is InChI=1S/C43H43NO14/c1-48-29-11-9-22(8-10-28(45)23-13-33(49-2)41(53-6)34(14-23)50-3)12-30(29)55-20-37(46)44-40-26-18-32-31(57-21-58-32)17-25(26)38(39-27(40)19-56-43(39)47)24-15-35(51-4)42(54-7)36(16-24)52-5/h8-18,27,38-40H,19-21H2,1-7H3,(H,44,46)/b10-8+/t27-,38+,39-,40+/m0/s1.